The number of Topliss-reactive ketones (excluding diaryl/α,β-unsaturated/α-hetero) is 1. The van der Waals surface area contributed by atoms with Crippen molar-refractivity contribution >= 4 is 5.78 Å². The van der Waals surface area contributed by atoms with Crippen molar-refractivity contribution in [3.8, 4) is 0 Å². The Labute approximate surface area is 136 Å². The number of aryl methyl sites for hydroxylation is 3. The van der Waals surface area contributed by atoms with Crippen molar-refractivity contribution in [2.45, 2.75) is 72.6 Å². The number of nitrogens with two attached hydrogens (primary N) is 1. The molecule has 0 amide bonds. The number of carbonyl (C=O) groups excluding carboxylic acids is 1. The molecule has 0 aliphatic rings. The van der Waals surface area contributed by atoms with Crippen LogP contribution in [-0.2, 0) is 4.79 Å². The quantitative estimate of drug-likeness (QED) is 0.664. The van der Waals surface area contributed by atoms with Crippen LogP contribution in [0.5, 0.6) is 0 Å². The van der Waals surface area contributed by atoms with Gasteiger partial charge in [-0.15, -0.1) is 0 Å². The Hall–Kier alpha value is -1.15. The van der Waals surface area contributed by atoms with Gasteiger partial charge in [0.25, 0.3) is 0 Å². The van der Waals surface area contributed by atoms with E-state index in [2.05, 4.69) is 39.8 Å². The van der Waals surface area contributed by atoms with E-state index in [0.29, 0.717) is 18.1 Å². The van der Waals surface area contributed by atoms with Gasteiger partial charge in [0.2, 0.25) is 0 Å². The maximum Gasteiger partial charge on any atom is 0.140 e. The zero-order chi connectivity index (χ0) is 16.7. The highest BCUT2D eigenvalue weighted by atomic mass is 16.1. The van der Waals surface area contributed by atoms with Crippen LogP contribution in [0.4, 0.5) is 0 Å². The number of hydrogen-bond donors (Lipinski definition) is 1. The Morgan fingerprint density at radius 1 is 1.09 bits per heavy atom. The fourth-order valence-electron chi connectivity index (χ4n) is 3.62. The fraction of sp³-hybridized carbons (Fsp3) is 0.650. The third kappa shape index (κ3) is 4.95. The van der Waals surface area contributed by atoms with Crippen LogP contribution in [-0.4, -0.2) is 12.3 Å². The summed E-state index contributed by atoms with van der Waals surface area (Å²) in [5.74, 6) is 0.815. The highest BCUT2D eigenvalue weighted by molar-refractivity contribution is 5.86. The number of ketones is 1. The lowest BCUT2D eigenvalue weighted by atomic mass is 9.76. The summed E-state index contributed by atoms with van der Waals surface area (Å²) in [6.45, 7) is 11.4. The molecule has 2 nitrogen and oxygen atoms in total. The monoisotopic (exact) mass is 303 g/mol. The summed E-state index contributed by atoms with van der Waals surface area (Å²) >= 11 is 0. The fourth-order valence-corrected chi connectivity index (χ4v) is 3.62. The first kappa shape index (κ1) is 18.9. The molecular weight excluding hydrogens is 270 g/mol. The second-order valence-electron chi connectivity index (χ2n) is 6.73. The first-order chi connectivity index (χ1) is 10.4. The summed E-state index contributed by atoms with van der Waals surface area (Å²) in [7, 11) is 0. The van der Waals surface area contributed by atoms with Crippen LogP contribution >= 0.6 is 0 Å². The van der Waals surface area contributed by atoms with Gasteiger partial charge in [-0.05, 0) is 62.8 Å². The molecule has 0 radical (unpaired) electrons. The number of rotatable bonds is 9. The molecule has 2 N–H and O–H groups in total. The molecule has 0 aliphatic carbocycles. The van der Waals surface area contributed by atoms with Crippen molar-refractivity contribution in [2.24, 2.45) is 11.7 Å². The molecular formula is C20H33NO. The van der Waals surface area contributed by atoms with E-state index >= 15 is 0 Å². The Kier molecular flexibility index (Phi) is 7.81. The van der Waals surface area contributed by atoms with Crippen LogP contribution in [0.1, 0.15) is 74.1 Å². The van der Waals surface area contributed by atoms with Gasteiger partial charge in [-0.25, -0.2) is 0 Å². The number of unbranched alkanes of at least 4 members (excludes halogenated alkanes) is 2. The van der Waals surface area contributed by atoms with Gasteiger partial charge in [0.05, 0.1) is 0 Å². The molecule has 2 unspecified atom stereocenters. The van der Waals surface area contributed by atoms with Crippen LogP contribution < -0.4 is 5.73 Å². The van der Waals surface area contributed by atoms with Gasteiger partial charge in [-0.1, -0.05) is 44.4 Å². The summed E-state index contributed by atoms with van der Waals surface area (Å²) in [6.07, 6.45) is 5.13. The maximum atomic E-state index is 12.6. The number of benzene rings is 1. The lowest BCUT2D eigenvalue weighted by Crippen LogP contribution is -2.21. The predicted molar refractivity (Wildman–Crippen MR) is 95.4 cm³/mol. The van der Waals surface area contributed by atoms with Crippen LogP contribution in [0.3, 0.4) is 0 Å². The number of hydrogen-bond acceptors (Lipinski definition) is 2. The van der Waals surface area contributed by atoms with Gasteiger partial charge < -0.3 is 5.73 Å². The first-order valence-corrected chi connectivity index (χ1v) is 8.72. The Morgan fingerprint density at radius 3 is 2.18 bits per heavy atom. The minimum atomic E-state index is 0.0449. The molecule has 0 bridgehead atoms. The summed E-state index contributed by atoms with van der Waals surface area (Å²) in [4.78, 5) is 12.6. The van der Waals surface area contributed by atoms with Gasteiger partial charge >= 0.3 is 0 Å². The van der Waals surface area contributed by atoms with Crippen LogP contribution in [0, 0.1) is 26.7 Å². The highest BCUT2D eigenvalue weighted by Crippen LogP contribution is 2.35. The zero-order valence-corrected chi connectivity index (χ0v) is 15.0. The van der Waals surface area contributed by atoms with Crippen LogP contribution in [0.15, 0.2) is 12.1 Å². The number of carbonyl (C=O) groups is 1. The average Bonchev–Trinajstić information content (AvgIpc) is 2.46. The van der Waals surface area contributed by atoms with Crippen molar-refractivity contribution in [3.63, 3.8) is 0 Å². The molecule has 2 atom stereocenters. The molecule has 2 heteroatoms. The standard InChI is InChI=1S/C20H33NO/c1-6-18(22)20(15(3)10-8-7-9-11-21)19-16(4)12-14(2)13-17(19)5/h12-13,15,20H,6-11,21H2,1-5H3. The molecule has 1 rings (SSSR count). The van der Waals surface area contributed by atoms with E-state index < -0.39 is 0 Å². The summed E-state index contributed by atoms with van der Waals surface area (Å²) in [5, 5.41) is 0. The molecule has 0 aromatic heterocycles. The van der Waals surface area contributed by atoms with E-state index in [-0.39, 0.29) is 5.92 Å². The molecule has 0 saturated carbocycles. The molecule has 124 valence electrons. The van der Waals surface area contributed by atoms with Gasteiger partial charge in [-0.2, -0.15) is 0 Å². The molecule has 0 spiro atoms. The zero-order valence-electron chi connectivity index (χ0n) is 15.0. The van der Waals surface area contributed by atoms with E-state index in [1.54, 1.807) is 0 Å². The Balaban J connectivity index is 3.01. The van der Waals surface area contributed by atoms with E-state index in [4.69, 9.17) is 5.73 Å². The van der Waals surface area contributed by atoms with E-state index in [1.165, 1.54) is 28.7 Å². The highest BCUT2D eigenvalue weighted by Gasteiger charge is 2.27. The Morgan fingerprint density at radius 2 is 1.68 bits per heavy atom. The van der Waals surface area contributed by atoms with Crippen LogP contribution in [0.25, 0.3) is 0 Å². The smallest absolute Gasteiger partial charge is 0.140 e. The third-order valence-electron chi connectivity index (χ3n) is 4.68. The van der Waals surface area contributed by atoms with E-state index in [0.717, 1.165) is 25.8 Å². The second-order valence-corrected chi connectivity index (χ2v) is 6.73. The predicted octanol–water partition coefficient (Wildman–Crippen LogP) is 4.83. The molecule has 0 aliphatic heterocycles. The normalized spacial score (nSPS) is 13.9. The van der Waals surface area contributed by atoms with Crippen molar-refractivity contribution < 1.29 is 4.79 Å². The SMILES string of the molecule is CCC(=O)C(c1c(C)cc(C)cc1C)C(C)CCCCCN. The van der Waals surface area contributed by atoms with E-state index in [1.807, 2.05) is 6.92 Å². The van der Waals surface area contributed by atoms with Gasteiger partial charge in [-0.3, -0.25) is 4.79 Å². The summed E-state index contributed by atoms with van der Waals surface area (Å²) < 4.78 is 0. The third-order valence-corrected chi connectivity index (χ3v) is 4.68. The van der Waals surface area contributed by atoms with Gasteiger partial charge in [0, 0.05) is 12.3 Å². The van der Waals surface area contributed by atoms with Gasteiger partial charge in [0.15, 0.2) is 0 Å². The lowest BCUT2D eigenvalue weighted by Gasteiger charge is -2.26. The van der Waals surface area contributed by atoms with Crippen molar-refractivity contribution in [1.29, 1.82) is 0 Å². The topological polar surface area (TPSA) is 43.1 Å². The van der Waals surface area contributed by atoms with Crippen molar-refractivity contribution in [3.05, 3.63) is 34.4 Å². The molecule has 1 aromatic rings. The Bertz CT molecular complexity index is 469. The molecule has 0 fully saturated rings. The minimum Gasteiger partial charge on any atom is -0.330 e. The van der Waals surface area contributed by atoms with Crippen LogP contribution in [0.2, 0.25) is 0 Å². The molecule has 1 aromatic carbocycles. The first-order valence-electron chi connectivity index (χ1n) is 8.72. The second kappa shape index (κ2) is 9.09. The summed E-state index contributed by atoms with van der Waals surface area (Å²) in [5.41, 5.74) is 10.6. The molecule has 0 heterocycles. The maximum absolute atomic E-state index is 12.6. The van der Waals surface area contributed by atoms with Crippen molar-refractivity contribution in [2.75, 3.05) is 6.54 Å². The minimum absolute atomic E-state index is 0.0449. The van der Waals surface area contributed by atoms with Gasteiger partial charge in [0.1, 0.15) is 5.78 Å². The summed E-state index contributed by atoms with van der Waals surface area (Å²) in [6, 6.07) is 4.42. The molecule has 22 heavy (non-hydrogen) atoms. The molecule has 0 saturated heterocycles. The largest absolute Gasteiger partial charge is 0.330 e. The van der Waals surface area contributed by atoms with Crippen molar-refractivity contribution in [1.82, 2.24) is 0 Å². The average molecular weight is 303 g/mol. The van der Waals surface area contributed by atoms with E-state index in [9.17, 15) is 4.79 Å². The lowest BCUT2D eigenvalue weighted by molar-refractivity contribution is -0.121.